The predicted octanol–water partition coefficient (Wildman–Crippen LogP) is 1.67. The minimum Gasteiger partial charge on any atom is -0.504 e. The van der Waals surface area contributed by atoms with Crippen LogP contribution in [-0.2, 0) is 4.74 Å². The van der Waals surface area contributed by atoms with Gasteiger partial charge in [0.2, 0.25) is 0 Å². The maximum Gasteiger partial charge on any atom is 0.339 e. The highest BCUT2D eigenvalue weighted by Crippen LogP contribution is 2.35. The van der Waals surface area contributed by atoms with Crippen molar-refractivity contribution in [3.8, 4) is 17.2 Å². The SMILES string of the molecule is CSC(C)OC(=O)c1cc(O)c(O)c(O)c1. The van der Waals surface area contributed by atoms with Crippen LogP contribution in [0.1, 0.15) is 17.3 Å². The fourth-order valence-corrected chi connectivity index (χ4v) is 1.17. The van der Waals surface area contributed by atoms with E-state index < -0.39 is 23.2 Å². The number of benzene rings is 1. The molecule has 0 aliphatic heterocycles. The molecule has 0 bridgehead atoms. The number of hydrogen-bond acceptors (Lipinski definition) is 6. The molecule has 0 aliphatic rings. The monoisotopic (exact) mass is 244 g/mol. The lowest BCUT2D eigenvalue weighted by atomic mass is 10.2. The third-order valence-electron chi connectivity index (χ3n) is 1.91. The summed E-state index contributed by atoms with van der Waals surface area (Å²) in [5, 5.41) is 27.5. The van der Waals surface area contributed by atoms with Crippen molar-refractivity contribution < 1.29 is 24.9 Å². The van der Waals surface area contributed by atoms with E-state index in [2.05, 4.69) is 0 Å². The molecule has 0 aromatic heterocycles. The summed E-state index contributed by atoms with van der Waals surface area (Å²) in [5.74, 6) is -2.46. The molecule has 0 heterocycles. The molecule has 1 aromatic carbocycles. The Morgan fingerprint density at radius 3 is 2.25 bits per heavy atom. The summed E-state index contributed by atoms with van der Waals surface area (Å²) in [6, 6.07) is 2.06. The van der Waals surface area contributed by atoms with E-state index in [9.17, 15) is 15.0 Å². The Balaban J connectivity index is 2.93. The van der Waals surface area contributed by atoms with Crippen LogP contribution in [0.15, 0.2) is 12.1 Å². The molecule has 0 saturated heterocycles. The standard InChI is InChI=1S/C10H12O5S/c1-5(16-2)15-10(14)6-3-7(11)9(13)8(12)4-6/h3-5,11-13H,1-2H3. The molecule has 3 N–H and O–H groups in total. The van der Waals surface area contributed by atoms with E-state index in [4.69, 9.17) is 9.84 Å². The zero-order chi connectivity index (χ0) is 12.3. The van der Waals surface area contributed by atoms with Crippen LogP contribution in [0.25, 0.3) is 0 Å². The number of carbonyl (C=O) groups excluding carboxylic acids is 1. The van der Waals surface area contributed by atoms with Gasteiger partial charge in [-0.1, -0.05) is 0 Å². The van der Waals surface area contributed by atoms with Gasteiger partial charge in [-0.05, 0) is 25.3 Å². The third kappa shape index (κ3) is 2.73. The van der Waals surface area contributed by atoms with Gasteiger partial charge in [0, 0.05) is 0 Å². The molecule has 1 rings (SSSR count). The van der Waals surface area contributed by atoms with Gasteiger partial charge in [-0.2, -0.15) is 0 Å². The molecule has 0 saturated carbocycles. The van der Waals surface area contributed by atoms with Gasteiger partial charge in [-0.15, -0.1) is 11.8 Å². The number of aromatic hydroxyl groups is 3. The first-order valence-electron chi connectivity index (χ1n) is 4.44. The van der Waals surface area contributed by atoms with Crippen molar-refractivity contribution >= 4 is 17.7 Å². The molecule has 0 spiro atoms. The molecule has 0 fully saturated rings. The van der Waals surface area contributed by atoms with Gasteiger partial charge in [0.1, 0.15) is 5.44 Å². The lowest BCUT2D eigenvalue weighted by Gasteiger charge is -2.11. The Morgan fingerprint density at radius 2 is 1.81 bits per heavy atom. The molecule has 1 atom stereocenters. The zero-order valence-electron chi connectivity index (χ0n) is 8.80. The van der Waals surface area contributed by atoms with Crippen molar-refractivity contribution in [3.05, 3.63) is 17.7 Å². The smallest absolute Gasteiger partial charge is 0.339 e. The van der Waals surface area contributed by atoms with E-state index in [0.717, 1.165) is 12.1 Å². The fourth-order valence-electron chi connectivity index (χ4n) is 0.989. The predicted molar refractivity (Wildman–Crippen MR) is 59.8 cm³/mol. The molecular formula is C10H12O5S. The molecule has 1 aromatic rings. The van der Waals surface area contributed by atoms with E-state index in [1.165, 1.54) is 11.8 Å². The van der Waals surface area contributed by atoms with Crippen LogP contribution >= 0.6 is 11.8 Å². The Labute approximate surface area is 96.7 Å². The summed E-state index contributed by atoms with van der Waals surface area (Å²) in [4.78, 5) is 11.5. The minimum absolute atomic E-state index is 0.0197. The number of carbonyl (C=O) groups is 1. The van der Waals surface area contributed by atoms with Crippen LogP contribution in [0.3, 0.4) is 0 Å². The first-order valence-corrected chi connectivity index (χ1v) is 5.73. The largest absolute Gasteiger partial charge is 0.504 e. The van der Waals surface area contributed by atoms with Crippen molar-refractivity contribution in [1.29, 1.82) is 0 Å². The zero-order valence-corrected chi connectivity index (χ0v) is 9.61. The summed E-state index contributed by atoms with van der Waals surface area (Å²) < 4.78 is 4.96. The molecule has 1 unspecified atom stereocenters. The molecule has 0 amide bonds. The fraction of sp³-hybridized carbons (Fsp3) is 0.300. The maximum absolute atomic E-state index is 11.5. The Hall–Kier alpha value is -1.56. The number of phenolic OH excluding ortho intramolecular Hbond substituents is 3. The van der Waals surface area contributed by atoms with E-state index >= 15 is 0 Å². The molecule has 5 nitrogen and oxygen atoms in total. The normalized spacial score (nSPS) is 12.1. The second-order valence-corrected chi connectivity index (χ2v) is 4.21. The third-order valence-corrected chi connectivity index (χ3v) is 2.67. The van der Waals surface area contributed by atoms with Crippen molar-refractivity contribution in [2.24, 2.45) is 0 Å². The average molecular weight is 244 g/mol. The summed E-state index contributed by atoms with van der Waals surface area (Å²) in [5.41, 5.74) is -0.348. The van der Waals surface area contributed by atoms with Crippen molar-refractivity contribution in [2.45, 2.75) is 12.4 Å². The summed E-state index contributed by atoms with van der Waals surface area (Å²) >= 11 is 1.34. The number of thioether (sulfide) groups is 1. The quantitative estimate of drug-likeness (QED) is 0.426. The Bertz CT molecular complexity index is 381. The number of rotatable bonds is 3. The van der Waals surface area contributed by atoms with Gasteiger partial charge in [0.15, 0.2) is 17.2 Å². The Kier molecular flexibility index (Phi) is 3.89. The molecule has 0 radical (unpaired) electrons. The number of ether oxygens (including phenoxy) is 1. The second-order valence-electron chi connectivity index (χ2n) is 3.07. The molecule has 16 heavy (non-hydrogen) atoms. The summed E-state index contributed by atoms with van der Waals surface area (Å²) in [6.45, 7) is 1.70. The van der Waals surface area contributed by atoms with Gasteiger partial charge in [-0.25, -0.2) is 4.79 Å². The van der Waals surface area contributed by atoms with E-state index in [1.54, 1.807) is 13.2 Å². The van der Waals surface area contributed by atoms with Crippen molar-refractivity contribution in [1.82, 2.24) is 0 Å². The minimum atomic E-state index is -0.674. The van der Waals surface area contributed by atoms with Crippen LogP contribution in [0.2, 0.25) is 0 Å². The summed E-state index contributed by atoms with van der Waals surface area (Å²) in [7, 11) is 0. The first-order chi connectivity index (χ1) is 7.45. The molecule has 88 valence electrons. The van der Waals surface area contributed by atoms with Gasteiger partial charge in [-0.3, -0.25) is 0 Å². The topological polar surface area (TPSA) is 87.0 Å². The van der Waals surface area contributed by atoms with Gasteiger partial charge < -0.3 is 20.1 Å². The van der Waals surface area contributed by atoms with Gasteiger partial charge in [0.05, 0.1) is 5.56 Å². The molecular weight excluding hydrogens is 232 g/mol. The number of esters is 1. The summed E-state index contributed by atoms with van der Waals surface area (Å²) in [6.07, 6.45) is 1.78. The van der Waals surface area contributed by atoms with Crippen molar-refractivity contribution in [3.63, 3.8) is 0 Å². The Morgan fingerprint density at radius 1 is 1.31 bits per heavy atom. The maximum atomic E-state index is 11.5. The highest BCUT2D eigenvalue weighted by atomic mass is 32.2. The molecule has 6 heteroatoms. The van der Waals surface area contributed by atoms with Crippen LogP contribution in [0.5, 0.6) is 17.2 Å². The van der Waals surface area contributed by atoms with Gasteiger partial charge >= 0.3 is 5.97 Å². The van der Waals surface area contributed by atoms with Crippen LogP contribution in [0, 0.1) is 0 Å². The first kappa shape index (κ1) is 12.5. The van der Waals surface area contributed by atoms with Crippen LogP contribution in [-0.4, -0.2) is 33.0 Å². The van der Waals surface area contributed by atoms with Crippen LogP contribution in [0.4, 0.5) is 0 Å². The highest BCUT2D eigenvalue weighted by Gasteiger charge is 2.16. The second kappa shape index (κ2) is 4.98. The van der Waals surface area contributed by atoms with E-state index in [0.29, 0.717) is 0 Å². The van der Waals surface area contributed by atoms with Crippen LogP contribution < -0.4 is 0 Å². The number of hydrogen-bond donors (Lipinski definition) is 3. The lowest BCUT2D eigenvalue weighted by molar-refractivity contribution is 0.0481. The average Bonchev–Trinajstić information content (AvgIpc) is 2.24. The van der Waals surface area contributed by atoms with E-state index in [1.807, 2.05) is 0 Å². The van der Waals surface area contributed by atoms with Crippen molar-refractivity contribution in [2.75, 3.05) is 6.26 Å². The van der Waals surface area contributed by atoms with Gasteiger partial charge in [0.25, 0.3) is 0 Å². The number of phenols is 3. The highest BCUT2D eigenvalue weighted by molar-refractivity contribution is 7.99. The lowest BCUT2D eigenvalue weighted by Crippen LogP contribution is -2.11. The molecule has 0 aliphatic carbocycles. The van der Waals surface area contributed by atoms with E-state index in [-0.39, 0.29) is 11.0 Å².